The van der Waals surface area contributed by atoms with Gasteiger partial charge in [-0.25, -0.2) is 4.79 Å². The number of benzene rings is 1. The monoisotopic (exact) mass is 245 g/mol. The molecule has 0 spiro atoms. The number of aromatic nitrogens is 1. The first kappa shape index (κ1) is 11.9. The predicted molar refractivity (Wildman–Crippen MR) is 65.4 cm³/mol. The van der Waals surface area contributed by atoms with Gasteiger partial charge in [0.2, 0.25) is 0 Å². The minimum absolute atomic E-state index is 0.0785. The van der Waals surface area contributed by atoms with E-state index < -0.39 is 11.5 Å². The Morgan fingerprint density at radius 3 is 2.44 bits per heavy atom. The zero-order valence-electron chi connectivity index (χ0n) is 9.62. The van der Waals surface area contributed by atoms with Crippen molar-refractivity contribution in [1.29, 1.82) is 0 Å². The van der Waals surface area contributed by atoms with Gasteiger partial charge >= 0.3 is 5.97 Å². The van der Waals surface area contributed by atoms with Gasteiger partial charge in [-0.3, -0.25) is 9.36 Å². The van der Waals surface area contributed by atoms with Gasteiger partial charge in [0, 0.05) is 5.69 Å². The molecule has 0 saturated heterocycles. The molecule has 0 saturated carbocycles. The fourth-order valence-electron chi connectivity index (χ4n) is 1.75. The summed E-state index contributed by atoms with van der Waals surface area (Å²) in [7, 11) is 0. The van der Waals surface area contributed by atoms with Crippen LogP contribution >= 0.6 is 0 Å². The third-order valence-corrected chi connectivity index (χ3v) is 2.63. The standard InChI is InChI=1S/C13H11NO4/c1-8-6-7-9(13(17)18)12(16)14(8)10-4-2-3-5-11(10)15/h2-7,15H,1H3,(H,17,18). The molecule has 2 aromatic rings. The second kappa shape index (κ2) is 4.37. The molecule has 0 radical (unpaired) electrons. The highest BCUT2D eigenvalue weighted by Gasteiger charge is 2.15. The maximum atomic E-state index is 12.1. The second-order valence-electron chi connectivity index (χ2n) is 3.82. The van der Waals surface area contributed by atoms with Crippen LogP contribution < -0.4 is 5.56 Å². The average molecular weight is 245 g/mol. The number of aryl methyl sites for hydroxylation is 1. The van der Waals surface area contributed by atoms with Crippen LogP contribution in [0.3, 0.4) is 0 Å². The molecule has 5 heteroatoms. The number of carbonyl (C=O) groups is 1. The van der Waals surface area contributed by atoms with Crippen LogP contribution in [0.15, 0.2) is 41.2 Å². The molecule has 0 amide bonds. The average Bonchev–Trinajstić information content (AvgIpc) is 2.31. The fraction of sp³-hybridized carbons (Fsp3) is 0.0769. The van der Waals surface area contributed by atoms with Gasteiger partial charge in [0.1, 0.15) is 11.3 Å². The van der Waals surface area contributed by atoms with Crippen LogP contribution in [-0.2, 0) is 0 Å². The number of phenolic OH excluding ortho intramolecular Hbond substituents is 1. The number of aromatic hydroxyl groups is 1. The minimum Gasteiger partial charge on any atom is -0.506 e. The number of phenols is 1. The first-order valence-electron chi connectivity index (χ1n) is 5.26. The van der Waals surface area contributed by atoms with Crippen LogP contribution in [0.1, 0.15) is 16.1 Å². The lowest BCUT2D eigenvalue weighted by Crippen LogP contribution is -2.26. The number of hydrogen-bond acceptors (Lipinski definition) is 3. The maximum absolute atomic E-state index is 12.1. The van der Waals surface area contributed by atoms with E-state index in [-0.39, 0.29) is 17.0 Å². The van der Waals surface area contributed by atoms with E-state index in [0.29, 0.717) is 5.69 Å². The summed E-state index contributed by atoms with van der Waals surface area (Å²) in [4.78, 5) is 23.0. The summed E-state index contributed by atoms with van der Waals surface area (Å²) in [6.45, 7) is 1.67. The molecular formula is C13H11NO4. The van der Waals surface area contributed by atoms with E-state index >= 15 is 0 Å². The lowest BCUT2D eigenvalue weighted by molar-refractivity contribution is 0.0694. The Balaban J connectivity index is 2.80. The molecule has 2 rings (SSSR count). The summed E-state index contributed by atoms with van der Waals surface area (Å²) >= 11 is 0. The Morgan fingerprint density at radius 1 is 1.17 bits per heavy atom. The first-order valence-corrected chi connectivity index (χ1v) is 5.26. The van der Waals surface area contributed by atoms with Gasteiger partial charge in [-0.15, -0.1) is 0 Å². The maximum Gasteiger partial charge on any atom is 0.341 e. The highest BCUT2D eigenvalue weighted by molar-refractivity contribution is 5.87. The van der Waals surface area contributed by atoms with Gasteiger partial charge in [0.15, 0.2) is 0 Å². The molecule has 0 fully saturated rings. The Bertz CT molecular complexity index is 673. The van der Waals surface area contributed by atoms with E-state index in [0.717, 1.165) is 0 Å². The van der Waals surface area contributed by atoms with Gasteiger partial charge in [-0.2, -0.15) is 0 Å². The van der Waals surface area contributed by atoms with E-state index in [1.54, 1.807) is 25.1 Å². The summed E-state index contributed by atoms with van der Waals surface area (Å²) in [6.07, 6.45) is 0. The van der Waals surface area contributed by atoms with Crippen molar-refractivity contribution in [1.82, 2.24) is 4.57 Å². The van der Waals surface area contributed by atoms with E-state index in [2.05, 4.69) is 0 Å². The molecule has 5 nitrogen and oxygen atoms in total. The fourth-order valence-corrected chi connectivity index (χ4v) is 1.75. The third-order valence-electron chi connectivity index (χ3n) is 2.63. The van der Waals surface area contributed by atoms with E-state index in [4.69, 9.17) is 5.11 Å². The molecule has 0 aliphatic rings. The van der Waals surface area contributed by atoms with Crippen LogP contribution in [0.2, 0.25) is 0 Å². The Kier molecular flexibility index (Phi) is 2.89. The zero-order valence-corrected chi connectivity index (χ0v) is 9.62. The first-order chi connectivity index (χ1) is 8.52. The number of rotatable bonds is 2. The third kappa shape index (κ3) is 1.86. The molecule has 92 valence electrons. The number of para-hydroxylation sites is 2. The Hall–Kier alpha value is -2.56. The molecule has 0 unspecified atom stereocenters. The van der Waals surface area contributed by atoms with Crippen molar-refractivity contribution < 1.29 is 15.0 Å². The van der Waals surface area contributed by atoms with Gasteiger partial charge in [0.05, 0.1) is 5.69 Å². The van der Waals surface area contributed by atoms with Gasteiger partial charge in [0.25, 0.3) is 5.56 Å². The number of nitrogens with zero attached hydrogens (tertiary/aromatic N) is 1. The van der Waals surface area contributed by atoms with E-state index in [1.807, 2.05) is 0 Å². The predicted octanol–water partition coefficient (Wildman–Crippen LogP) is 1.55. The summed E-state index contributed by atoms with van der Waals surface area (Å²) < 4.78 is 1.18. The lowest BCUT2D eigenvalue weighted by atomic mass is 10.2. The topological polar surface area (TPSA) is 79.5 Å². The van der Waals surface area contributed by atoms with Crippen LogP contribution in [0, 0.1) is 6.92 Å². The van der Waals surface area contributed by atoms with Crippen molar-refractivity contribution >= 4 is 5.97 Å². The SMILES string of the molecule is Cc1ccc(C(=O)O)c(=O)n1-c1ccccc1O. The van der Waals surface area contributed by atoms with Crippen LogP contribution in [-0.4, -0.2) is 20.7 Å². The molecule has 2 N–H and O–H groups in total. The Labute approximate surface area is 103 Å². The molecule has 1 heterocycles. The quantitative estimate of drug-likeness (QED) is 0.841. The highest BCUT2D eigenvalue weighted by Crippen LogP contribution is 2.20. The van der Waals surface area contributed by atoms with Gasteiger partial charge in [-0.1, -0.05) is 12.1 Å². The molecule has 1 aromatic heterocycles. The Morgan fingerprint density at radius 2 is 1.83 bits per heavy atom. The van der Waals surface area contributed by atoms with Crippen molar-refractivity contribution in [3.05, 3.63) is 58.0 Å². The zero-order chi connectivity index (χ0) is 13.3. The highest BCUT2D eigenvalue weighted by atomic mass is 16.4. The summed E-state index contributed by atoms with van der Waals surface area (Å²) in [5, 5.41) is 18.7. The van der Waals surface area contributed by atoms with Gasteiger partial charge < -0.3 is 10.2 Å². The normalized spacial score (nSPS) is 10.3. The minimum atomic E-state index is -1.29. The van der Waals surface area contributed by atoms with Crippen molar-refractivity contribution in [2.75, 3.05) is 0 Å². The number of aromatic carboxylic acids is 1. The largest absolute Gasteiger partial charge is 0.506 e. The van der Waals surface area contributed by atoms with Crippen molar-refractivity contribution in [3.8, 4) is 11.4 Å². The van der Waals surface area contributed by atoms with E-state index in [9.17, 15) is 14.7 Å². The summed E-state index contributed by atoms with van der Waals surface area (Å²) in [6, 6.07) is 9.06. The smallest absolute Gasteiger partial charge is 0.341 e. The molecule has 18 heavy (non-hydrogen) atoms. The van der Waals surface area contributed by atoms with Gasteiger partial charge in [-0.05, 0) is 31.2 Å². The van der Waals surface area contributed by atoms with Crippen LogP contribution in [0.25, 0.3) is 5.69 Å². The molecule has 0 bridgehead atoms. The molecule has 0 aliphatic heterocycles. The molecule has 0 aliphatic carbocycles. The van der Waals surface area contributed by atoms with Crippen molar-refractivity contribution in [3.63, 3.8) is 0 Å². The summed E-state index contributed by atoms with van der Waals surface area (Å²) in [5.74, 6) is -1.37. The number of carboxylic acid groups (broad SMARTS) is 1. The number of hydrogen-bond donors (Lipinski definition) is 2. The van der Waals surface area contributed by atoms with Crippen molar-refractivity contribution in [2.24, 2.45) is 0 Å². The van der Waals surface area contributed by atoms with Crippen LogP contribution in [0.5, 0.6) is 5.75 Å². The number of carboxylic acids is 1. The second-order valence-corrected chi connectivity index (χ2v) is 3.82. The van der Waals surface area contributed by atoms with Crippen LogP contribution in [0.4, 0.5) is 0 Å². The van der Waals surface area contributed by atoms with Crippen molar-refractivity contribution in [2.45, 2.75) is 6.92 Å². The molecular weight excluding hydrogens is 234 g/mol. The number of pyridine rings is 1. The van der Waals surface area contributed by atoms with E-state index in [1.165, 1.54) is 22.8 Å². The summed E-state index contributed by atoms with van der Waals surface area (Å²) in [5.41, 5.74) is -0.178. The lowest BCUT2D eigenvalue weighted by Gasteiger charge is -2.11. The molecule has 0 atom stereocenters. The molecule has 1 aromatic carbocycles.